The molecule has 0 saturated heterocycles. The van der Waals surface area contributed by atoms with Crippen LogP contribution < -0.4 is 10.6 Å². The lowest BCUT2D eigenvalue weighted by molar-refractivity contribution is -0.119. The molecular formula is C11H12F2N2O2S. The molecule has 1 aromatic rings. The lowest BCUT2D eigenvalue weighted by atomic mass is 10.3. The van der Waals surface area contributed by atoms with E-state index in [0.717, 1.165) is 30.0 Å². The summed E-state index contributed by atoms with van der Waals surface area (Å²) in [4.78, 5) is 22.4. The highest BCUT2D eigenvalue weighted by Crippen LogP contribution is 2.26. The Hall–Kier alpha value is -1.63. The first-order chi connectivity index (χ1) is 8.43. The molecule has 0 aliphatic heterocycles. The summed E-state index contributed by atoms with van der Waals surface area (Å²) in [5.41, 5.74) is 0. The molecule has 4 nitrogen and oxygen atoms in total. The van der Waals surface area contributed by atoms with Gasteiger partial charge >= 0.3 is 6.03 Å². The third-order valence-corrected chi connectivity index (χ3v) is 3.16. The predicted octanol–water partition coefficient (Wildman–Crippen LogP) is 1.90. The second kappa shape index (κ2) is 6.34. The van der Waals surface area contributed by atoms with Crippen molar-refractivity contribution in [2.45, 2.75) is 17.1 Å². The molecule has 0 spiro atoms. The van der Waals surface area contributed by atoms with Gasteiger partial charge in [0.15, 0.2) is 0 Å². The SMILES string of the molecule is CNC(=O)NC(=O)[C@@H](C)Sc1cc(F)ccc1F. The molecule has 1 atom stereocenters. The number of imide groups is 1. The number of rotatable bonds is 3. The molecule has 0 bridgehead atoms. The molecular weight excluding hydrogens is 262 g/mol. The maximum Gasteiger partial charge on any atom is 0.321 e. The summed E-state index contributed by atoms with van der Waals surface area (Å²) in [5, 5.41) is 3.56. The Kier molecular flexibility index (Phi) is 5.08. The van der Waals surface area contributed by atoms with E-state index in [1.54, 1.807) is 0 Å². The van der Waals surface area contributed by atoms with Crippen molar-refractivity contribution in [3.63, 3.8) is 0 Å². The fourth-order valence-corrected chi connectivity index (χ4v) is 2.00. The van der Waals surface area contributed by atoms with Crippen LogP contribution >= 0.6 is 11.8 Å². The first kappa shape index (κ1) is 14.4. The lowest BCUT2D eigenvalue weighted by Crippen LogP contribution is -2.41. The second-order valence-electron chi connectivity index (χ2n) is 3.40. The van der Waals surface area contributed by atoms with Crippen LogP contribution in [0.4, 0.5) is 13.6 Å². The van der Waals surface area contributed by atoms with E-state index in [9.17, 15) is 18.4 Å². The van der Waals surface area contributed by atoms with Gasteiger partial charge in [0, 0.05) is 11.9 Å². The van der Waals surface area contributed by atoms with Gasteiger partial charge in [0.05, 0.1) is 5.25 Å². The molecule has 3 amide bonds. The number of amides is 3. The minimum atomic E-state index is -0.724. The molecule has 0 saturated carbocycles. The van der Waals surface area contributed by atoms with Gasteiger partial charge in [0.1, 0.15) is 11.6 Å². The van der Waals surface area contributed by atoms with Crippen molar-refractivity contribution in [2.24, 2.45) is 0 Å². The number of hydrogen-bond acceptors (Lipinski definition) is 3. The fraction of sp³-hybridized carbons (Fsp3) is 0.273. The van der Waals surface area contributed by atoms with Crippen molar-refractivity contribution in [1.82, 2.24) is 10.6 Å². The van der Waals surface area contributed by atoms with Gasteiger partial charge in [-0.2, -0.15) is 0 Å². The molecule has 7 heteroatoms. The first-order valence-electron chi connectivity index (χ1n) is 5.08. The minimum absolute atomic E-state index is 0.0227. The third kappa shape index (κ3) is 3.99. The normalized spacial score (nSPS) is 11.8. The number of urea groups is 1. The fourth-order valence-electron chi connectivity index (χ4n) is 1.09. The molecule has 0 aliphatic carbocycles. The average molecular weight is 274 g/mol. The van der Waals surface area contributed by atoms with Crippen molar-refractivity contribution < 1.29 is 18.4 Å². The van der Waals surface area contributed by atoms with Gasteiger partial charge in [-0.25, -0.2) is 13.6 Å². The third-order valence-electron chi connectivity index (χ3n) is 2.03. The second-order valence-corrected chi connectivity index (χ2v) is 4.79. The number of hydrogen-bond donors (Lipinski definition) is 2. The highest BCUT2D eigenvalue weighted by Gasteiger charge is 2.18. The maximum atomic E-state index is 13.3. The van der Waals surface area contributed by atoms with E-state index >= 15 is 0 Å². The highest BCUT2D eigenvalue weighted by atomic mass is 32.2. The summed E-state index contributed by atoms with van der Waals surface area (Å²) >= 11 is 0.838. The molecule has 0 heterocycles. The van der Waals surface area contributed by atoms with E-state index in [1.807, 2.05) is 0 Å². The molecule has 1 aromatic carbocycles. The van der Waals surface area contributed by atoms with Crippen LogP contribution in [0, 0.1) is 11.6 Å². The van der Waals surface area contributed by atoms with Crippen LogP contribution in [0.5, 0.6) is 0 Å². The lowest BCUT2D eigenvalue weighted by Gasteiger charge is -2.11. The summed E-state index contributed by atoms with van der Waals surface area (Å²) < 4.78 is 26.2. The van der Waals surface area contributed by atoms with Gasteiger partial charge in [0.25, 0.3) is 0 Å². The van der Waals surface area contributed by atoms with E-state index in [-0.39, 0.29) is 4.90 Å². The number of thioether (sulfide) groups is 1. The summed E-state index contributed by atoms with van der Waals surface area (Å²) in [6.45, 7) is 1.49. The van der Waals surface area contributed by atoms with Crippen molar-refractivity contribution >= 4 is 23.7 Å². The van der Waals surface area contributed by atoms with Crippen LogP contribution in [0.3, 0.4) is 0 Å². The van der Waals surface area contributed by atoms with Gasteiger partial charge in [0.2, 0.25) is 5.91 Å². The Morgan fingerprint density at radius 2 is 2.00 bits per heavy atom. The van der Waals surface area contributed by atoms with Crippen molar-refractivity contribution in [3.8, 4) is 0 Å². The standard InChI is InChI=1S/C11H12F2N2O2S/c1-6(10(16)15-11(17)14-2)18-9-5-7(12)3-4-8(9)13/h3-6H,1-2H3,(H2,14,15,16,17)/t6-/m1/s1. The van der Waals surface area contributed by atoms with Crippen LogP contribution in [0.1, 0.15) is 6.92 Å². The van der Waals surface area contributed by atoms with Crippen LogP contribution in [0.25, 0.3) is 0 Å². The van der Waals surface area contributed by atoms with E-state index in [0.29, 0.717) is 0 Å². The summed E-state index contributed by atoms with van der Waals surface area (Å²) in [6, 6.07) is 2.34. The monoisotopic (exact) mass is 274 g/mol. The van der Waals surface area contributed by atoms with Crippen molar-refractivity contribution in [1.29, 1.82) is 0 Å². The Balaban J connectivity index is 2.69. The number of carbonyl (C=O) groups excluding carboxylic acids is 2. The van der Waals surface area contributed by atoms with Gasteiger partial charge < -0.3 is 5.32 Å². The van der Waals surface area contributed by atoms with E-state index < -0.39 is 28.8 Å². The van der Waals surface area contributed by atoms with Crippen LogP contribution in [-0.2, 0) is 4.79 Å². The van der Waals surface area contributed by atoms with Crippen LogP contribution in [0.2, 0.25) is 0 Å². The van der Waals surface area contributed by atoms with Gasteiger partial charge in [-0.05, 0) is 25.1 Å². The molecule has 1 rings (SSSR count). The minimum Gasteiger partial charge on any atom is -0.341 e. The van der Waals surface area contributed by atoms with Crippen molar-refractivity contribution in [2.75, 3.05) is 7.05 Å². The average Bonchev–Trinajstić information content (AvgIpc) is 2.33. The smallest absolute Gasteiger partial charge is 0.321 e. The molecule has 0 aliphatic rings. The Morgan fingerprint density at radius 3 is 2.61 bits per heavy atom. The Morgan fingerprint density at radius 1 is 1.33 bits per heavy atom. The van der Waals surface area contributed by atoms with Gasteiger partial charge in [-0.3, -0.25) is 10.1 Å². The first-order valence-corrected chi connectivity index (χ1v) is 5.96. The van der Waals surface area contributed by atoms with Gasteiger partial charge in [-0.1, -0.05) is 0 Å². The number of nitrogens with one attached hydrogen (secondary N) is 2. The summed E-state index contributed by atoms with van der Waals surface area (Å²) in [5.74, 6) is -1.78. The van der Waals surface area contributed by atoms with E-state index in [1.165, 1.54) is 14.0 Å². The zero-order valence-corrected chi connectivity index (χ0v) is 10.6. The number of carbonyl (C=O) groups is 2. The Labute approximate surface area is 107 Å². The zero-order valence-electron chi connectivity index (χ0n) is 9.79. The summed E-state index contributed by atoms with van der Waals surface area (Å²) in [6.07, 6.45) is 0. The van der Waals surface area contributed by atoms with Crippen LogP contribution in [-0.4, -0.2) is 24.2 Å². The van der Waals surface area contributed by atoms with E-state index in [2.05, 4.69) is 10.6 Å². The van der Waals surface area contributed by atoms with E-state index in [4.69, 9.17) is 0 Å². The largest absolute Gasteiger partial charge is 0.341 e. The zero-order chi connectivity index (χ0) is 13.7. The topological polar surface area (TPSA) is 58.2 Å². The number of halogens is 2. The maximum absolute atomic E-state index is 13.3. The molecule has 0 radical (unpaired) electrons. The Bertz CT molecular complexity index is 468. The predicted molar refractivity (Wildman–Crippen MR) is 64.3 cm³/mol. The molecule has 0 aromatic heterocycles. The molecule has 2 N–H and O–H groups in total. The molecule has 0 fully saturated rings. The quantitative estimate of drug-likeness (QED) is 0.828. The molecule has 18 heavy (non-hydrogen) atoms. The van der Waals surface area contributed by atoms with Crippen LogP contribution in [0.15, 0.2) is 23.1 Å². The molecule has 98 valence electrons. The van der Waals surface area contributed by atoms with Gasteiger partial charge in [-0.15, -0.1) is 11.8 Å². The number of benzene rings is 1. The van der Waals surface area contributed by atoms with Crippen molar-refractivity contribution in [3.05, 3.63) is 29.8 Å². The molecule has 0 unspecified atom stereocenters. The summed E-state index contributed by atoms with van der Waals surface area (Å²) in [7, 11) is 1.37. The highest BCUT2D eigenvalue weighted by molar-refractivity contribution is 8.00.